The molecule has 0 saturated carbocycles. The third-order valence-electron chi connectivity index (χ3n) is 2.20. The van der Waals surface area contributed by atoms with Gasteiger partial charge in [-0.1, -0.05) is 28.8 Å². The van der Waals surface area contributed by atoms with E-state index in [-0.39, 0.29) is 0 Å². The molecule has 16 heavy (non-hydrogen) atoms. The summed E-state index contributed by atoms with van der Waals surface area (Å²) in [5.74, 6) is 0. The number of hydrogen-bond donors (Lipinski definition) is 0. The van der Waals surface area contributed by atoms with Gasteiger partial charge in [0.25, 0.3) is 0 Å². The molecular formula is C11H15ClN4. The van der Waals surface area contributed by atoms with Gasteiger partial charge in [0.1, 0.15) is 0 Å². The van der Waals surface area contributed by atoms with Crippen molar-refractivity contribution in [1.82, 2.24) is 4.90 Å². The molecule has 0 heterocycles. The van der Waals surface area contributed by atoms with E-state index in [1.807, 2.05) is 25.2 Å². The van der Waals surface area contributed by atoms with Crippen molar-refractivity contribution in [3.8, 4) is 0 Å². The van der Waals surface area contributed by atoms with Gasteiger partial charge in [-0.2, -0.15) is 0 Å². The molecule has 0 fully saturated rings. The minimum atomic E-state index is 0.552. The van der Waals surface area contributed by atoms with Crippen LogP contribution in [0.3, 0.4) is 0 Å². The quantitative estimate of drug-likeness (QED) is 0.324. The Bertz CT molecular complexity index is 374. The van der Waals surface area contributed by atoms with Crippen LogP contribution in [-0.4, -0.2) is 25.0 Å². The van der Waals surface area contributed by atoms with Crippen molar-refractivity contribution in [3.63, 3.8) is 0 Å². The van der Waals surface area contributed by atoms with Gasteiger partial charge in [-0.25, -0.2) is 0 Å². The molecule has 0 amide bonds. The second-order valence-electron chi connectivity index (χ2n) is 3.68. The van der Waals surface area contributed by atoms with Crippen molar-refractivity contribution in [2.75, 3.05) is 20.1 Å². The number of benzene rings is 1. The predicted octanol–water partition coefficient (Wildman–Crippen LogP) is 3.47. The lowest BCUT2D eigenvalue weighted by Crippen LogP contribution is -2.19. The molecule has 0 spiro atoms. The third kappa shape index (κ3) is 5.03. The topological polar surface area (TPSA) is 52.0 Å². The summed E-state index contributed by atoms with van der Waals surface area (Å²) < 4.78 is 0. The Morgan fingerprint density at radius 2 is 2.31 bits per heavy atom. The fraction of sp³-hybridized carbons (Fsp3) is 0.455. The lowest BCUT2D eigenvalue weighted by molar-refractivity contribution is 0.324. The molecule has 0 N–H and O–H groups in total. The smallest absolute Gasteiger partial charge is 0.0409 e. The Morgan fingerprint density at radius 1 is 1.50 bits per heavy atom. The van der Waals surface area contributed by atoms with Crippen LogP contribution in [0.4, 0.5) is 0 Å². The summed E-state index contributed by atoms with van der Waals surface area (Å²) in [5, 5.41) is 4.26. The number of nitrogens with zero attached hydrogens (tertiary/aromatic N) is 4. The van der Waals surface area contributed by atoms with Crippen molar-refractivity contribution < 1.29 is 0 Å². The van der Waals surface area contributed by atoms with Crippen LogP contribution in [0, 0.1) is 0 Å². The molecule has 1 aromatic rings. The molecule has 0 radical (unpaired) electrons. The monoisotopic (exact) mass is 238 g/mol. The average molecular weight is 239 g/mol. The van der Waals surface area contributed by atoms with Crippen LogP contribution in [-0.2, 0) is 6.54 Å². The van der Waals surface area contributed by atoms with E-state index in [9.17, 15) is 0 Å². The summed E-state index contributed by atoms with van der Waals surface area (Å²) in [7, 11) is 2.04. The van der Waals surface area contributed by atoms with Crippen molar-refractivity contribution in [2.24, 2.45) is 5.11 Å². The molecule has 4 nitrogen and oxygen atoms in total. The fourth-order valence-electron chi connectivity index (χ4n) is 1.48. The van der Waals surface area contributed by atoms with Gasteiger partial charge in [-0.3, -0.25) is 0 Å². The van der Waals surface area contributed by atoms with Crippen LogP contribution in [0.5, 0.6) is 0 Å². The Kier molecular flexibility index (Phi) is 5.72. The van der Waals surface area contributed by atoms with E-state index in [1.165, 1.54) is 5.56 Å². The zero-order valence-corrected chi connectivity index (χ0v) is 10.1. The molecule has 0 atom stereocenters. The molecule has 0 aliphatic rings. The first-order valence-electron chi connectivity index (χ1n) is 5.16. The number of rotatable bonds is 6. The van der Waals surface area contributed by atoms with Crippen molar-refractivity contribution in [2.45, 2.75) is 13.0 Å². The van der Waals surface area contributed by atoms with Gasteiger partial charge in [0, 0.05) is 23.0 Å². The molecule has 0 aliphatic heterocycles. The van der Waals surface area contributed by atoms with Crippen molar-refractivity contribution in [3.05, 3.63) is 45.3 Å². The summed E-state index contributed by atoms with van der Waals surface area (Å²) in [4.78, 5) is 4.90. The highest BCUT2D eigenvalue weighted by molar-refractivity contribution is 6.30. The first kappa shape index (κ1) is 12.8. The van der Waals surface area contributed by atoms with Crippen LogP contribution < -0.4 is 0 Å². The molecule has 86 valence electrons. The molecule has 0 aliphatic carbocycles. The minimum Gasteiger partial charge on any atom is -0.302 e. The number of azide groups is 1. The average Bonchev–Trinajstić information content (AvgIpc) is 2.24. The Morgan fingerprint density at radius 3 is 3.00 bits per heavy atom. The zero-order chi connectivity index (χ0) is 11.8. The molecule has 1 aromatic carbocycles. The summed E-state index contributed by atoms with van der Waals surface area (Å²) in [6.45, 7) is 2.32. The first-order valence-corrected chi connectivity index (χ1v) is 5.54. The number of hydrogen-bond acceptors (Lipinski definition) is 2. The summed E-state index contributed by atoms with van der Waals surface area (Å²) in [5.41, 5.74) is 9.32. The van der Waals surface area contributed by atoms with Gasteiger partial charge in [-0.15, -0.1) is 0 Å². The van der Waals surface area contributed by atoms with E-state index in [4.69, 9.17) is 17.1 Å². The largest absolute Gasteiger partial charge is 0.302 e. The molecule has 0 aromatic heterocycles. The maximum atomic E-state index is 8.13. The highest BCUT2D eigenvalue weighted by Crippen LogP contribution is 2.12. The minimum absolute atomic E-state index is 0.552. The van der Waals surface area contributed by atoms with Crippen LogP contribution in [0.15, 0.2) is 29.4 Å². The molecule has 1 rings (SSSR count). The van der Waals surface area contributed by atoms with E-state index in [1.54, 1.807) is 0 Å². The fourth-order valence-corrected chi connectivity index (χ4v) is 1.69. The summed E-state index contributed by atoms with van der Waals surface area (Å²) in [6.07, 6.45) is 0.876. The highest BCUT2D eigenvalue weighted by Gasteiger charge is 2.00. The van der Waals surface area contributed by atoms with Gasteiger partial charge in [-0.05, 0) is 43.2 Å². The van der Waals surface area contributed by atoms with Crippen molar-refractivity contribution in [1.29, 1.82) is 0 Å². The standard InChI is InChI=1S/C11H15ClN4/c1-16(7-3-6-14-15-13)9-10-4-2-5-11(12)8-10/h2,4-5,8H,3,6-7,9H2,1H3. The van der Waals surface area contributed by atoms with Crippen LogP contribution >= 0.6 is 11.6 Å². The third-order valence-corrected chi connectivity index (χ3v) is 2.44. The van der Waals surface area contributed by atoms with E-state index >= 15 is 0 Å². The van der Waals surface area contributed by atoms with Crippen LogP contribution in [0.2, 0.25) is 5.02 Å². The van der Waals surface area contributed by atoms with Gasteiger partial charge in [0.2, 0.25) is 0 Å². The normalized spacial score (nSPS) is 10.2. The Balaban J connectivity index is 2.33. The number of halogens is 1. The van der Waals surface area contributed by atoms with Gasteiger partial charge >= 0.3 is 0 Å². The summed E-state index contributed by atoms with van der Waals surface area (Å²) >= 11 is 5.90. The van der Waals surface area contributed by atoms with E-state index in [0.29, 0.717) is 6.54 Å². The predicted molar refractivity (Wildman–Crippen MR) is 66.4 cm³/mol. The van der Waals surface area contributed by atoms with Crippen LogP contribution in [0.25, 0.3) is 10.4 Å². The first-order chi connectivity index (χ1) is 7.72. The van der Waals surface area contributed by atoms with Gasteiger partial charge < -0.3 is 4.90 Å². The molecular weight excluding hydrogens is 224 g/mol. The zero-order valence-electron chi connectivity index (χ0n) is 9.30. The Labute approximate surface area is 100 Å². The summed E-state index contributed by atoms with van der Waals surface area (Å²) in [6, 6.07) is 7.83. The molecule has 0 unspecified atom stereocenters. The molecule has 0 saturated heterocycles. The maximum absolute atomic E-state index is 8.13. The molecule has 5 heteroatoms. The van der Waals surface area contributed by atoms with E-state index < -0.39 is 0 Å². The second kappa shape index (κ2) is 7.12. The second-order valence-corrected chi connectivity index (χ2v) is 4.11. The van der Waals surface area contributed by atoms with Crippen molar-refractivity contribution >= 4 is 11.6 Å². The SMILES string of the molecule is CN(CCCN=[N+]=[N-])Cc1cccc(Cl)c1. The molecule has 0 bridgehead atoms. The van der Waals surface area contributed by atoms with E-state index in [2.05, 4.69) is 21.0 Å². The van der Waals surface area contributed by atoms with Gasteiger partial charge in [0.15, 0.2) is 0 Å². The van der Waals surface area contributed by atoms with Crippen LogP contribution in [0.1, 0.15) is 12.0 Å². The van der Waals surface area contributed by atoms with E-state index in [0.717, 1.165) is 24.5 Å². The van der Waals surface area contributed by atoms with Gasteiger partial charge in [0.05, 0.1) is 0 Å². The lowest BCUT2D eigenvalue weighted by atomic mass is 10.2. The maximum Gasteiger partial charge on any atom is 0.0409 e. The Hall–Kier alpha value is -1.22. The highest BCUT2D eigenvalue weighted by atomic mass is 35.5. The lowest BCUT2D eigenvalue weighted by Gasteiger charge is -2.15.